The van der Waals surface area contributed by atoms with Crippen LogP contribution in [0.3, 0.4) is 0 Å². The lowest BCUT2D eigenvalue weighted by Gasteiger charge is -2.24. The van der Waals surface area contributed by atoms with Crippen molar-refractivity contribution < 1.29 is 14.5 Å². The smallest absolute Gasteiger partial charge is 0.342 e. The Morgan fingerprint density at radius 3 is 3.00 bits per heavy atom. The third-order valence-electron chi connectivity index (χ3n) is 4.05. The molecule has 0 unspecified atom stereocenters. The number of imidazole rings is 1. The number of rotatable bonds is 5. The summed E-state index contributed by atoms with van der Waals surface area (Å²) in [6, 6.07) is 0. The molecule has 0 N–H and O–H groups in total. The standard InChI is InChI=1S/C14H21N3O4/c1-10-4-3-5-12(8-10)14(18)21-7-6-16-11(2)15-9-13(16)17(19)20/h9-10,12H,3-8H2,1-2H3/t10-,12+/m0/s1. The van der Waals surface area contributed by atoms with Crippen molar-refractivity contribution in [2.75, 3.05) is 6.61 Å². The lowest BCUT2D eigenvalue weighted by molar-refractivity contribution is -0.392. The van der Waals surface area contributed by atoms with E-state index >= 15 is 0 Å². The Labute approximate surface area is 123 Å². The minimum atomic E-state index is -0.482. The summed E-state index contributed by atoms with van der Waals surface area (Å²) in [7, 11) is 0. The summed E-state index contributed by atoms with van der Waals surface area (Å²) < 4.78 is 6.74. The molecular formula is C14H21N3O4. The third-order valence-corrected chi connectivity index (χ3v) is 4.05. The molecule has 0 bridgehead atoms. The lowest BCUT2D eigenvalue weighted by Crippen LogP contribution is -2.25. The molecule has 7 nitrogen and oxygen atoms in total. The summed E-state index contributed by atoms with van der Waals surface area (Å²) in [4.78, 5) is 26.3. The number of carbonyl (C=O) groups excluding carboxylic acids is 1. The number of hydrogen-bond acceptors (Lipinski definition) is 5. The molecule has 0 saturated heterocycles. The number of nitrogens with zero attached hydrogens (tertiary/aromatic N) is 3. The number of aryl methyl sites for hydroxylation is 1. The van der Waals surface area contributed by atoms with E-state index in [0.717, 1.165) is 19.3 Å². The van der Waals surface area contributed by atoms with Crippen LogP contribution in [0.5, 0.6) is 0 Å². The highest BCUT2D eigenvalue weighted by Crippen LogP contribution is 2.29. The molecule has 1 aromatic heterocycles. The van der Waals surface area contributed by atoms with Crippen molar-refractivity contribution in [1.29, 1.82) is 0 Å². The van der Waals surface area contributed by atoms with Gasteiger partial charge >= 0.3 is 11.8 Å². The Morgan fingerprint density at radius 2 is 2.33 bits per heavy atom. The third kappa shape index (κ3) is 3.80. The number of hydrogen-bond donors (Lipinski definition) is 0. The van der Waals surface area contributed by atoms with Crippen molar-refractivity contribution in [2.24, 2.45) is 11.8 Å². The highest BCUT2D eigenvalue weighted by atomic mass is 16.6. The molecule has 1 saturated carbocycles. The van der Waals surface area contributed by atoms with Gasteiger partial charge in [-0.15, -0.1) is 0 Å². The number of ether oxygens (including phenoxy) is 1. The predicted octanol–water partition coefficient (Wildman–Crippen LogP) is 2.47. The molecule has 1 aliphatic carbocycles. The van der Waals surface area contributed by atoms with E-state index in [2.05, 4.69) is 11.9 Å². The van der Waals surface area contributed by atoms with Crippen molar-refractivity contribution >= 4 is 11.8 Å². The van der Waals surface area contributed by atoms with E-state index in [1.807, 2.05) is 0 Å². The number of aromatic nitrogens is 2. The van der Waals surface area contributed by atoms with Crippen LogP contribution in [0, 0.1) is 28.9 Å². The summed E-state index contributed by atoms with van der Waals surface area (Å²) in [6.45, 7) is 4.24. The average molecular weight is 295 g/mol. The largest absolute Gasteiger partial charge is 0.461 e. The van der Waals surface area contributed by atoms with Crippen molar-refractivity contribution in [3.8, 4) is 0 Å². The van der Waals surface area contributed by atoms with E-state index in [9.17, 15) is 14.9 Å². The zero-order valence-electron chi connectivity index (χ0n) is 12.4. The fourth-order valence-corrected chi connectivity index (χ4v) is 2.88. The second-order valence-electron chi connectivity index (χ2n) is 5.71. The normalized spacial score (nSPS) is 22.0. The van der Waals surface area contributed by atoms with Gasteiger partial charge in [-0.2, -0.15) is 0 Å². The first kappa shape index (κ1) is 15.5. The van der Waals surface area contributed by atoms with Crippen LogP contribution in [0.15, 0.2) is 6.20 Å². The maximum atomic E-state index is 12.0. The van der Waals surface area contributed by atoms with E-state index in [1.165, 1.54) is 17.2 Å². The first-order chi connectivity index (χ1) is 9.99. The SMILES string of the molecule is Cc1ncc([N+](=O)[O-])n1CCOC(=O)[C@@H]1CCC[C@H](C)C1. The summed E-state index contributed by atoms with van der Waals surface area (Å²) in [5.74, 6) is 0.835. The van der Waals surface area contributed by atoms with Crippen LogP contribution in [0.4, 0.5) is 5.82 Å². The van der Waals surface area contributed by atoms with E-state index < -0.39 is 4.92 Å². The molecule has 1 heterocycles. The van der Waals surface area contributed by atoms with Gasteiger partial charge in [-0.05, 0) is 23.7 Å². The highest BCUT2D eigenvalue weighted by molar-refractivity contribution is 5.72. The van der Waals surface area contributed by atoms with Gasteiger partial charge in [0.1, 0.15) is 19.3 Å². The summed E-state index contributed by atoms with van der Waals surface area (Å²) in [5, 5.41) is 10.9. The number of carbonyl (C=O) groups is 1. The van der Waals surface area contributed by atoms with Gasteiger partial charge in [0.05, 0.1) is 5.92 Å². The van der Waals surface area contributed by atoms with Crippen molar-refractivity contribution in [3.63, 3.8) is 0 Å². The Bertz CT molecular complexity index is 526. The monoisotopic (exact) mass is 295 g/mol. The van der Waals surface area contributed by atoms with Gasteiger partial charge in [-0.25, -0.2) is 9.55 Å². The molecule has 0 amide bonds. The second-order valence-corrected chi connectivity index (χ2v) is 5.71. The molecule has 1 aliphatic rings. The first-order valence-corrected chi connectivity index (χ1v) is 7.32. The zero-order chi connectivity index (χ0) is 15.4. The molecule has 0 radical (unpaired) electrons. The molecule has 2 atom stereocenters. The molecule has 1 aromatic rings. The summed E-state index contributed by atoms with van der Waals surface area (Å²) in [5.41, 5.74) is 0. The van der Waals surface area contributed by atoms with Crippen LogP contribution in [0.25, 0.3) is 0 Å². The quantitative estimate of drug-likeness (QED) is 0.473. The molecule has 2 rings (SSSR count). The Morgan fingerprint density at radius 1 is 1.57 bits per heavy atom. The van der Waals surface area contributed by atoms with Crippen LogP contribution in [0.1, 0.15) is 38.4 Å². The Kier molecular flexibility index (Phi) is 4.93. The molecule has 0 aromatic carbocycles. The van der Waals surface area contributed by atoms with E-state index in [4.69, 9.17) is 4.74 Å². The molecule has 21 heavy (non-hydrogen) atoms. The molecule has 0 spiro atoms. The minimum absolute atomic E-state index is 0.0207. The number of esters is 1. The summed E-state index contributed by atoms with van der Waals surface area (Å²) in [6.07, 6.45) is 5.22. The Balaban J connectivity index is 1.85. The van der Waals surface area contributed by atoms with Crippen molar-refractivity contribution in [3.05, 3.63) is 22.1 Å². The van der Waals surface area contributed by atoms with Gasteiger partial charge in [0.15, 0.2) is 5.82 Å². The van der Waals surface area contributed by atoms with Crippen LogP contribution < -0.4 is 0 Å². The predicted molar refractivity (Wildman–Crippen MR) is 75.7 cm³/mol. The second kappa shape index (κ2) is 6.69. The van der Waals surface area contributed by atoms with Crippen LogP contribution in [0.2, 0.25) is 0 Å². The number of nitro groups is 1. The van der Waals surface area contributed by atoms with Gasteiger partial charge in [0.25, 0.3) is 0 Å². The first-order valence-electron chi connectivity index (χ1n) is 7.32. The maximum absolute atomic E-state index is 12.0. The summed E-state index contributed by atoms with van der Waals surface area (Å²) >= 11 is 0. The van der Waals surface area contributed by atoms with E-state index in [-0.39, 0.29) is 30.9 Å². The van der Waals surface area contributed by atoms with E-state index in [0.29, 0.717) is 11.7 Å². The highest BCUT2D eigenvalue weighted by Gasteiger charge is 2.26. The molecule has 1 fully saturated rings. The Hall–Kier alpha value is -1.92. The van der Waals surface area contributed by atoms with Crippen molar-refractivity contribution in [2.45, 2.75) is 46.1 Å². The average Bonchev–Trinajstić information content (AvgIpc) is 2.80. The minimum Gasteiger partial charge on any atom is -0.461 e. The maximum Gasteiger partial charge on any atom is 0.342 e. The van der Waals surface area contributed by atoms with Gasteiger partial charge in [0, 0.05) is 6.92 Å². The van der Waals surface area contributed by atoms with Crippen molar-refractivity contribution in [1.82, 2.24) is 9.55 Å². The fraction of sp³-hybridized carbons (Fsp3) is 0.714. The zero-order valence-corrected chi connectivity index (χ0v) is 12.4. The molecule has 7 heteroatoms. The van der Waals surface area contributed by atoms with Crippen LogP contribution in [-0.4, -0.2) is 27.1 Å². The molecular weight excluding hydrogens is 274 g/mol. The van der Waals surface area contributed by atoms with Gasteiger partial charge < -0.3 is 14.9 Å². The lowest BCUT2D eigenvalue weighted by atomic mass is 9.82. The van der Waals surface area contributed by atoms with Gasteiger partial charge in [-0.3, -0.25) is 4.79 Å². The topological polar surface area (TPSA) is 87.3 Å². The van der Waals surface area contributed by atoms with Gasteiger partial charge in [-0.1, -0.05) is 19.8 Å². The van der Waals surface area contributed by atoms with Crippen LogP contribution >= 0.6 is 0 Å². The molecule has 116 valence electrons. The van der Waals surface area contributed by atoms with Gasteiger partial charge in [0.2, 0.25) is 0 Å². The van der Waals surface area contributed by atoms with Crippen LogP contribution in [-0.2, 0) is 16.1 Å². The molecule has 0 aliphatic heterocycles. The fourth-order valence-electron chi connectivity index (χ4n) is 2.88. The van der Waals surface area contributed by atoms with E-state index in [1.54, 1.807) is 6.92 Å².